The first-order valence-corrected chi connectivity index (χ1v) is 7.91. The summed E-state index contributed by atoms with van der Waals surface area (Å²) in [6.45, 7) is 12.5. The summed E-state index contributed by atoms with van der Waals surface area (Å²) in [4.78, 5) is 0. The number of hydrogen-bond donors (Lipinski definition) is 1. The SMILES string of the molecule is CCCCC(CC)(CCOC(C)C)CNCCOC. The maximum atomic E-state index is 5.75. The maximum Gasteiger partial charge on any atom is 0.0587 e. The Bertz CT molecular complexity index is 197. The zero-order valence-corrected chi connectivity index (χ0v) is 13.8. The minimum absolute atomic E-state index is 0.335. The standard InChI is InChI=1S/C16H35NO2/c1-6-8-9-16(7-2,10-12-19-15(3)4)14-17-11-13-18-5/h15,17H,6-14H2,1-5H3. The average Bonchev–Trinajstić information content (AvgIpc) is 2.40. The molecule has 0 aromatic rings. The van der Waals surface area contributed by atoms with Gasteiger partial charge in [0.1, 0.15) is 0 Å². The van der Waals surface area contributed by atoms with Gasteiger partial charge in [-0.2, -0.15) is 0 Å². The van der Waals surface area contributed by atoms with Crippen LogP contribution in [0, 0.1) is 5.41 Å². The van der Waals surface area contributed by atoms with E-state index in [-0.39, 0.29) is 0 Å². The highest BCUT2D eigenvalue weighted by atomic mass is 16.5. The molecule has 3 heteroatoms. The first kappa shape index (κ1) is 18.9. The fourth-order valence-corrected chi connectivity index (χ4v) is 2.37. The molecular weight excluding hydrogens is 238 g/mol. The Balaban J connectivity index is 4.23. The molecule has 0 saturated carbocycles. The summed E-state index contributed by atoms with van der Waals surface area (Å²) in [7, 11) is 1.75. The van der Waals surface area contributed by atoms with E-state index in [0.717, 1.165) is 32.7 Å². The molecule has 0 bridgehead atoms. The van der Waals surface area contributed by atoms with E-state index in [1.54, 1.807) is 7.11 Å². The van der Waals surface area contributed by atoms with Crippen molar-refractivity contribution in [1.82, 2.24) is 5.32 Å². The molecule has 3 nitrogen and oxygen atoms in total. The molecule has 0 spiro atoms. The Kier molecular flexibility index (Phi) is 11.6. The van der Waals surface area contributed by atoms with Crippen LogP contribution in [-0.4, -0.2) is 39.5 Å². The smallest absolute Gasteiger partial charge is 0.0587 e. The van der Waals surface area contributed by atoms with E-state index in [4.69, 9.17) is 9.47 Å². The van der Waals surface area contributed by atoms with Crippen LogP contribution in [0.4, 0.5) is 0 Å². The highest BCUT2D eigenvalue weighted by molar-refractivity contribution is 4.80. The molecule has 0 heterocycles. The van der Waals surface area contributed by atoms with E-state index >= 15 is 0 Å². The topological polar surface area (TPSA) is 30.5 Å². The molecule has 0 amide bonds. The van der Waals surface area contributed by atoms with Gasteiger partial charge in [0.2, 0.25) is 0 Å². The number of nitrogens with one attached hydrogen (secondary N) is 1. The normalized spacial score (nSPS) is 14.8. The molecule has 0 aliphatic rings. The molecule has 0 saturated heterocycles. The molecule has 0 fully saturated rings. The van der Waals surface area contributed by atoms with Gasteiger partial charge in [0.15, 0.2) is 0 Å². The lowest BCUT2D eigenvalue weighted by atomic mass is 9.77. The van der Waals surface area contributed by atoms with Crippen LogP contribution >= 0.6 is 0 Å². The van der Waals surface area contributed by atoms with E-state index in [1.807, 2.05) is 0 Å². The molecule has 0 aliphatic heterocycles. The van der Waals surface area contributed by atoms with Crippen molar-refractivity contribution in [3.63, 3.8) is 0 Å². The van der Waals surface area contributed by atoms with Crippen LogP contribution in [0.25, 0.3) is 0 Å². The maximum absolute atomic E-state index is 5.75. The highest BCUT2D eigenvalue weighted by Gasteiger charge is 2.26. The fraction of sp³-hybridized carbons (Fsp3) is 1.00. The van der Waals surface area contributed by atoms with Crippen LogP contribution in [0.15, 0.2) is 0 Å². The van der Waals surface area contributed by atoms with Crippen LogP contribution in [0.5, 0.6) is 0 Å². The van der Waals surface area contributed by atoms with Crippen LogP contribution in [-0.2, 0) is 9.47 Å². The molecule has 1 unspecified atom stereocenters. The van der Waals surface area contributed by atoms with Gasteiger partial charge in [-0.1, -0.05) is 26.7 Å². The second-order valence-corrected chi connectivity index (χ2v) is 5.80. The summed E-state index contributed by atoms with van der Waals surface area (Å²) >= 11 is 0. The summed E-state index contributed by atoms with van der Waals surface area (Å²) in [6.07, 6.45) is 6.58. The van der Waals surface area contributed by atoms with E-state index in [0.29, 0.717) is 11.5 Å². The zero-order valence-electron chi connectivity index (χ0n) is 13.8. The summed E-state index contributed by atoms with van der Waals surface area (Å²) in [5.74, 6) is 0. The van der Waals surface area contributed by atoms with E-state index in [1.165, 1.54) is 25.7 Å². The van der Waals surface area contributed by atoms with Gasteiger partial charge in [0.25, 0.3) is 0 Å². The fourth-order valence-electron chi connectivity index (χ4n) is 2.37. The number of rotatable bonds is 13. The predicted molar refractivity (Wildman–Crippen MR) is 82.7 cm³/mol. The van der Waals surface area contributed by atoms with Crippen LogP contribution in [0.3, 0.4) is 0 Å². The average molecular weight is 273 g/mol. The van der Waals surface area contributed by atoms with E-state index < -0.39 is 0 Å². The highest BCUT2D eigenvalue weighted by Crippen LogP contribution is 2.32. The van der Waals surface area contributed by atoms with Gasteiger partial charge in [-0.05, 0) is 38.5 Å². The summed E-state index contributed by atoms with van der Waals surface area (Å²) in [5, 5.41) is 3.54. The van der Waals surface area contributed by atoms with E-state index in [9.17, 15) is 0 Å². The minimum Gasteiger partial charge on any atom is -0.383 e. The Morgan fingerprint density at radius 3 is 2.37 bits per heavy atom. The van der Waals surface area contributed by atoms with Crippen LogP contribution in [0.1, 0.15) is 59.8 Å². The van der Waals surface area contributed by atoms with Crippen molar-refractivity contribution in [2.45, 2.75) is 65.9 Å². The predicted octanol–water partition coefficient (Wildman–Crippen LogP) is 3.62. The third-order valence-corrected chi connectivity index (χ3v) is 3.88. The summed E-state index contributed by atoms with van der Waals surface area (Å²) < 4.78 is 10.9. The Morgan fingerprint density at radius 1 is 1.11 bits per heavy atom. The van der Waals surface area contributed by atoms with Crippen LogP contribution in [0.2, 0.25) is 0 Å². The number of methoxy groups -OCH3 is 1. The van der Waals surface area contributed by atoms with Crippen molar-refractivity contribution >= 4 is 0 Å². The molecule has 0 aromatic carbocycles. The molecule has 0 aliphatic carbocycles. The lowest BCUT2D eigenvalue weighted by Crippen LogP contribution is -2.36. The van der Waals surface area contributed by atoms with E-state index in [2.05, 4.69) is 33.0 Å². The number of hydrogen-bond acceptors (Lipinski definition) is 3. The van der Waals surface area contributed by atoms with Crippen molar-refractivity contribution in [2.24, 2.45) is 5.41 Å². The first-order valence-electron chi connectivity index (χ1n) is 7.91. The van der Waals surface area contributed by atoms with Gasteiger partial charge in [0, 0.05) is 26.8 Å². The summed E-state index contributed by atoms with van der Waals surface area (Å²) in [6, 6.07) is 0. The lowest BCUT2D eigenvalue weighted by molar-refractivity contribution is 0.0454. The lowest BCUT2D eigenvalue weighted by Gasteiger charge is -2.33. The monoisotopic (exact) mass is 273 g/mol. The minimum atomic E-state index is 0.335. The molecule has 116 valence electrons. The Hall–Kier alpha value is -0.120. The second-order valence-electron chi connectivity index (χ2n) is 5.80. The van der Waals surface area contributed by atoms with Crippen molar-refractivity contribution in [1.29, 1.82) is 0 Å². The molecule has 19 heavy (non-hydrogen) atoms. The molecule has 0 rings (SSSR count). The molecule has 0 aromatic heterocycles. The zero-order chi connectivity index (χ0) is 14.6. The Morgan fingerprint density at radius 2 is 1.84 bits per heavy atom. The van der Waals surface area contributed by atoms with Crippen molar-refractivity contribution in [2.75, 3.05) is 33.4 Å². The van der Waals surface area contributed by atoms with Gasteiger partial charge in [0.05, 0.1) is 12.7 Å². The van der Waals surface area contributed by atoms with Gasteiger partial charge in [-0.15, -0.1) is 0 Å². The van der Waals surface area contributed by atoms with Crippen LogP contribution < -0.4 is 5.32 Å². The largest absolute Gasteiger partial charge is 0.383 e. The molecule has 1 atom stereocenters. The second kappa shape index (κ2) is 11.7. The van der Waals surface area contributed by atoms with Crippen molar-refractivity contribution < 1.29 is 9.47 Å². The van der Waals surface area contributed by atoms with Gasteiger partial charge >= 0.3 is 0 Å². The van der Waals surface area contributed by atoms with Gasteiger partial charge in [-0.25, -0.2) is 0 Å². The number of unbranched alkanes of at least 4 members (excludes halogenated alkanes) is 1. The molecule has 0 radical (unpaired) electrons. The van der Waals surface area contributed by atoms with Crippen molar-refractivity contribution in [3.8, 4) is 0 Å². The van der Waals surface area contributed by atoms with Gasteiger partial charge < -0.3 is 14.8 Å². The first-order chi connectivity index (χ1) is 9.10. The molecular formula is C16H35NO2. The van der Waals surface area contributed by atoms with Gasteiger partial charge in [-0.3, -0.25) is 0 Å². The number of ether oxygens (including phenoxy) is 2. The third-order valence-electron chi connectivity index (χ3n) is 3.88. The quantitative estimate of drug-likeness (QED) is 0.520. The Labute approximate surface area is 120 Å². The third kappa shape index (κ3) is 9.42. The van der Waals surface area contributed by atoms with Crippen molar-refractivity contribution in [3.05, 3.63) is 0 Å². The molecule has 1 N–H and O–H groups in total. The summed E-state index contributed by atoms with van der Waals surface area (Å²) in [5.41, 5.74) is 0.388.